The van der Waals surface area contributed by atoms with Gasteiger partial charge >= 0.3 is 0 Å². The molecule has 0 aliphatic heterocycles. The van der Waals surface area contributed by atoms with Crippen LogP contribution >= 0.6 is 11.3 Å². The Morgan fingerprint density at radius 1 is 1.12 bits per heavy atom. The van der Waals surface area contributed by atoms with Gasteiger partial charge in [0.15, 0.2) is 0 Å². The second kappa shape index (κ2) is 6.77. The molecule has 0 radical (unpaired) electrons. The lowest BCUT2D eigenvalue weighted by atomic mass is 10.1. The number of fused-ring (bicyclic) bond motifs is 1. The van der Waals surface area contributed by atoms with E-state index in [-0.39, 0.29) is 5.91 Å². The molecule has 0 bridgehead atoms. The van der Waals surface area contributed by atoms with Crippen molar-refractivity contribution in [3.63, 3.8) is 0 Å². The minimum Gasteiger partial charge on any atom is -0.321 e. The van der Waals surface area contributed by atoms with Gasteiger partial charge < -0.3 is 5.32 Å². The number of anilines is 1. The van der Waals surface area contributed by atoms with E-state index in [0.717, 1.165) is 33.7 Å². The highest BCUT2D eigenvalue weighted by Gasteiger charge is 2.17. The van der Waals surface area contributed by atoms with Gasteiger partial charge in [-0.15, -0.1) is 11.3 Å². The SMILES string of the molecule is CCc1ccc(NC(=O)c2cc3c(C)nn(-c4ccccc4)c3s2)cc1. The molecule has 0 aliphatic rings. The topological polar surface area (TPSA) is 46.9 Å². The standard InChI is InChI=1S/C21H19N3OS/c1-3-15-9-11-16(12-10-15)22-20(25)19-13-18-14(2)23-24(21(18)26-19)17-7-5-4-6-8-17/h4-13H,3H2,1-2H3,(H,22,25). The molecular formula is C21H19N3OS. The number of nitrogens with one attached hydrogen (secondary N) is 1. The maximum Gasteiger partial charge on any atom is 0.265 e. The average Bonchev–Trinajstić information content (AvgIpc) is 3.24. The van der Waals surface area contributed by atoms with E-state index in [0.29, 0.717) is 4.88 Å². The van der Waals surface area contributed by atoms with Crippen molar-refractivity contribution in [2.45, 2.75) is 20.3 Å². The van der Waals surface area contributed by atoms with Crippen molar-refractivity contribution >= 4 is 33.1 Å². The molecular weight excluding hydrogens is 342 g/mol. The Kier molecular flexibility index (Phi) is 4.31. The van der Waals surface area contributed by atoms with E-state index >= 15 is 0 Å². The molecule has 5 heteroatoms. The van der Waals surface area contributed by atoms with Crippen LogP contribution in [0.3, 0.4) is 0 Å². The fourth-order valence-electron chi connectivity index (χ4n) is 2.92. The highest BCUT2D eigenvalue weighted by Crippen LogP contribution is 2.30. The molecule has 1 N–H and O–H groups in total. The van der Waals surface area contributed by atoms with E-state index < -0.39 is 0 Å². The first kappa shape index (κ1) is 16.5. The number of hydrogen-bond acceptors (Lipinski definition) is 3. The number of amides is 1. The summed E-state index contributed by atoms with van der Waals surface area (Å²) in [5.74, 6) is -0.0885. The zero-order chi connectivity index (χ0) is 18.1. The Morgan fingerprint density at radius 3 is 2.54 bits per heavy atom. The van der Waals surface area contributed by atoms with Crippen LogP contribution in [0, 0.1) is 6.92 Å². The van der Waals surface area contributed by atoms with Crippen molar-refractivity contribution in [1.82, 2.24) is 9.78 Å². The fourth-order valence-corrected chi connectivity index (χ4v) is 4.00. The maximum absolute atomic E-state index is 12.7. The molecule has 0 saturated carbocycles. The Labute approximate surface area is 156 Å². The van der Waals surface area contributed by atoms with Gasteiger partial charge in [0.25, 0.3) is 5.91 Å². The van der Waals surface area contributed by atoms with Crippen molar-refractivity contribution in [3.05, 3.63) is 76.8 Å². The smallest absolute Gasteiger partial charge is 0.265 e. The molecule has 2 heterocycles. The number of benzene rings is 2. The predicted molar refractivity (Wildman–Crippen MR) is 107 cm³/mol. The van der Waals surface area contributed by atoms with Crippen molar-refractivity contribution in [1.29, 1.82) is 0 Å². The number of rotatable bonds is 4. The van der Waals surface area contributed by atoms with Gasteiger partial charge in [0.1, 0.15) is 4.83 Å². The van der Waals surface area contributed by atoms with Gasteiger partial charge in [0, 0.05) is 11.1 Å². The molecule has 0 spiro atoms. The first-order chi connectivity index (χ1) is 12.7. The van der Waals surface area contributed by atoms with Crippen LogP contribution in [0.1, 0.15) is 27.9 Å². The highest BCUT2D eigenvalue weighted by molar-refractivity contribution is 7.20. The Bertz CT molecular complexity index is 1060. The van der Waals surface area contributed by atoms with Crippen LogP contribution in [-0.4, -0.2) is 15.7 Å². The van der Waals surface area contributed by atoms with Crippen LogP contribution in [0.15, 0.2) is 60.7 Å². The predicted octanol–water partition coefficient (Wildman–Crippen LogP) is 5.21. The number of carbonyl (C=O) groups excluding carboxylic acids is 1. The lowest BCUT2D eigenvalue weighted by Gasteiger charge is -2.04. The van der Waals surface area contributed by atoms with Crippen LogP contribution in [0.5, 0.6) is 0 Å². The quantitative estimate of drug-likeness (QED) is 0.542. The molecule has 0 atom stereocenters. The number of nitrogens with zero attached hydrogens (tertiary/aromatic N) is 2. The summed E-state index contributed by atoms with van der Waals surface area (Å²) in [5.41, 5.74) is 3.98. The van der Waals surface area contributed by atoms with Gasteiger partial charge in [-0.3, -0.25) is 4.79 Å². The molecule has 2 aromatic carbocycles. The summed E-state index contributed by atoms with van der Waals surface area (Å²) in [6, 6.07) is 19.9. The molecule has 4 aromatic rings. The molecule has 2 aromatic heterocycles. The third kappa shape index (κ3) is 3.02. The van der Waals surface area contributed by atoms with Crippen LogP contribution in [0.4, 0.5) is 5.69 Å². The maximum atomic E-state index is 12.7. The second-order valence-corrected chi connectivity index (χ2v) is 7.20. The third-order valence-electron chi connectivity index (χ3n) is 4.39. The second-order valence-electron chi connectivity index (χ2n) is 6.17. The Balaban J connectivity index is 1.65. The van der Waals surface area contributed by atoms with Crippen molar-refractivity contribution in [2.75, 3.05) is 5.32 Å². The van der Waals surface area contributed by atoms with Crippen molar-refractivity contribution < 1.29 is 4.79 Å². The summed E-state index contributed by atoms with van der Waals surface area (Å²) in [4.78, 5) is 14.3. The number of thiophene rings is 1. The fraction of sp³-hybridized carbons (Fsp3) is 0.143. The molecule has 0 fully saturated rings. The van der Waals surface area contributed by atoms with Crippen LogP contribution in [-0.2, 0) is 6.42 Å². The average molecular weight is 361 g/mol. The number of hydrogen-bond donors (Lipinski definition) is 1. The highest BCUT2D eigenvalue weighted by atomic mass is 32.1. The lowest BCUT2D eigenvalue weighted by Crippen LogP contribution is -2.10. The summed E-state index contributed by atoms with van der Waals surface area (Å²) in [6.45, 7) is 4.09. The summed E-state index contributed by atoms with van der Waals surface area (Å²) in [6.07, 6.45) is 0.986. The lowest BCUT2D eigenvalue weighted by molar-refractivity contribution is 0.103. The Hall–Kier alpha value is -2.92. The van der Waals surface area contributed by atoms with E-state index in [1.807, 2.05) is 72.3 Å². The molecule has 1 amide bonds. The zero-order valence-corrected chi connectivity index (χ0v) is 15.5. The van der Waals surface area contributed by atoms with Gasteiger partial charge in [0.2, 0.25) is 0 Å². The number of para-hydroxylation sites is 1. The minimum absolute atomic E-state index is 0.0885. The van der Waals surface area contributed by atoms with Gasteiger partial charge in [-0.2, -0.15) is 5.10 Å². The Morgan fingerprint density at radius 2 is 1.85 bits per heavy atom. The summed E-state index contributed by atoms with van der Waals surface area (Å²) in [5, 5.41) is 8.62. The first-order valence-corrected chi connectivity index (χ1v) is 9.42. The van der Waals surface area contributed by atoms with Crippen LogP contribution in [0.25, 0.3) is 15.9 Å². The van der Waals surface area contributed by atoms with Crippen LogP contribution in [0.2, 0.25) is 0 Å². The van der Waals surface area contributed by atoms with Gasteiger partial charge in [-0.05, 0) is 49.2 Å². The summed E-state index contributed by atoms with van der Waals surface area (Å²) in [7, 11) is 0. The largest absolute Gasteiger partial charge is 0.321 e. The van der Waals surface area contributed by atoms with Crippen molar-refractivity contribution in [2.24, 2.45) is 0 Å². The molecule has 0 saturated heterocycles. The number of aromatic nitrogens is 2. The number of carbonyl (C=O) groups is 1. The monoisotopic (exact) mass is 361 g/mol. The van der Waals surface area contributed by atoms with Crippen LogP contribution < -0.4 is 5.32 Å². The van der Waals surface area contributed by atoms with Gasteiger partial charge in [-0.1, -0.05) is 37.3 Å². The first-order valence-electron chi connectivity index (χ1n) is 8.60. The zero-order valence-electron chi connectivity index (χ0n) is 14.7. The normalized spacial score (nSPS) is 11.0. The molecule has 0 unspecified atom stereocenters. The molecule has 4 nitrogen and oxygen atoms in total. The van der Waals surface area contributed by atoms with E-state index in [9.17, 15) is 4.79 Å². The van der Waals surface area contributed by atoms with E-state index in [2.05, 4.69) is 17.3 Å². The minimum atomic E-state index is -0.0885. The number of aryl methyl sites for hydroxylation is 2. The molecule has 26 heavy (non-hydrogen) atoms. The van der Waals surface area contributed by atoms with E-state index in [4.69, 9.17) is 0 Å². The van der Waals surface area contributed by atoms with Crippen molar-refractivity contribution in [3.8, 4) is 5.69 Å². The van der Waals surface area contributed by atoms with E-state index in [1.165, 1.54) is 16.9 Å². The van der Waals surface area contributed by atoms with Gasteiger partial charge in [-0.25, -0.2) is 4.68 Å². The molecule has 4 rings (SSSR count). The van der Waals surface area contributed by atoms with Gasteiger partial charge in [0.05, 0.1) is 16.3 Å². The molecule has 0 aliphatic carbocycles. The van der Waals surface area contributed by atoms with E-state index in [1.54, 1.807) is 0 Å². The summed E-state index contributed by atoms with van der Waals surface area (Å²) >= 11 is 1.46. The summed E-state index contributed by atoms with van der Waals surface area (Å²) < 4.78 is 1.90. The molecule has 130 valence electrons. The third-order valence-corrected chi connectivity index (χ3v) is 5.50.